The third kappa shape index (κ3) is 2.35. The van der Waals surface area contributed by atoms with Gasteiger partial charge in [0.15, 0.2) is 5.60 Å². The number of aliphatic hydroxyl groups is 1. The summed E-state index contributed by atoms with van der Waals surface area (Å²) >= 11 is 6.03. The number of nitrogens with two attached hydrogens (primary N) is 1. The predicted molar refractivity (Wildman–Crippen MR) is 64.8 cm³/mol. The van der Waals surface area contributed by atoms with Crippen LogP contribution in [0.5, 0.6) is 0 Å². The molecule has 2 heterocycles. The van der Waals surface area contributed by atoms with Gasteiger partial charge in [0.25, 0.3) is 5.91 Å². The molecule has 2 rings (SSSR count). The van der Waals surface area contributed by atoms with E-state index in [0.717, 1.165) is 12.2 Å². The maximum absolute atomic E-state index is 11.2. The maximum Gasteiger partial charge on any atom is 0.251 e. The SMILES string of the molecule is NC(=O)[C@]1(O)CCCN(c2ccncc2Cl)C1. The van der Waals surface area contributed by atoms with Gasteiger partial charge in [-0.25, -0.2) is 0 Å². The van der Waals surface area contributed by atoms with Crippen molar-refractivity contribution in [2.75, 3.05) is 18.0 Å². The molecule has 1 saturated heterocycles. The lowest BCUT2D eigenvalue weighted by Crippen LogP contribution is -2.56. The van der Waals surface area contributed by atoms with Crippen molar-refractivity contribution in [1.29, 1.82) is 0 Å². The van der Waals surface area contributed by atoms with Crippen LogP contribution in [0.2, 0.25) is 5.02 Å². The zero-order chi connectivity index (χ0) is 12.5. The third-order valence-corrected chi connectivity index (χ3v) is 3.31. The van der Waals surface area contributed by atoms with Gasteiger partial charge in [-0.1, -0.05) is 11.6 Å². The first-order chi connectivity index (χ1) is 8.03. The zero-order valence-corrected chi connectivity index (χ0v) is 10.0. The number of nitrogens with zero attached hydrogens (tertiary/aromatic N) is 2. The first-order valence-corrected chi connectivity index (χ1v) is 5.77. The second kappa shape index (κ2) is 4.50. The Bertz CT molecular complexity index is 440. The van der Waals surface area contributed by atoms with Gasteiger partial charge >= 0.3 is 0 Å². The Hall–Kier alpha value is -1.33. The van der Waals surface area contributed by atoms with E-state index in [0.29, 0.717) is 17.9 Å². The van der Waals surface area contributed by atoms with Crippen molar-refractivity contribution in [1.82, 2.24) is 4.98 Å². The highest BCUT2D eigenvalue weighted by Crippen LogP contribution is 2.30. The number of rotatable bonds is 2. The normalized spacial score (nSPS) is 24.7. The van der Waals surface area contributed by atoms with Crippen LogP contribution in [0.15, 0.2) is 18.5 Å². The minimum Gasteiger partial charge on any atom is -0.378 e. The number of anilines is 1. The average molecular weight is 256 g/mol. The topological polar surface area (TPSA) is 79.5 Å². The lowest BCUT2D eigenvalue weighted by Gasteiger charge is -2.38. The van der Waals surface area contributed by atoms with Gasteiger partial charge in [0.05, 0.1) is 17.3 Å². The quantitative estimate of drug-likeness (QED) is 0.809. The molecule has 1 atom stereocenters. The monoisotopic (exact) mass is 255 g/mol. The number of hydrogen-bond donors (Lipinski definition) is 2. The summed E-state index contributed by atoms with van der Waals surface area (Å²) in [5, 5.41) is 10.6. The van der Waals surface area contributed by atoms with Crippen molar-refractivity contribution in [2.45, 2.75) is 18.4 Å². The Morgan fingerprint density at radius 3 is 3.06 bits per heavy atom. The molecule has 1 aliphatic rings. The molecule has 0 bridgehead atoms. The Balaban J connectivity index is 2.24. The highest BCUT2D eigenvalue weighted by Gasteiger charge is 2.39. The van der Waals surface area contributed by atoms with E-state index in [-0.39, 0.29) is 6.54 Å². The molecule has 92 valence electrons. The summed E-state index contributed by atoms with van der Waals surface area (Å²) < 4.78 is 0. The van der Waals surface area contributed by atoms with Crippen molar-refractivity contribution in [3.63, 3.8) is 0 Å². The number of carbonyl (C=O) groups excluding carboxylic acids is 1. The molecule has 0 unspecified atom stereocenters. The van der Waals surface area contributed by atoms with Gasteiger partial charge in [-0.2, -0.15) is 0 Å². The predicted octanol–water partition coefficient (Wildman–Crippen LogP) is 0.552. The molecule has 0 spiro atoms. The minimum absolute atomic E-state index is 0.173. The van der Waals surface area contributed by atoms with E-state index in [1.54, 1.807) is 12.3 Å². The van der Waals surface area contributed by atoms with Gasteiger partial charge in [0.2, 0.25) is 0 Å². The average Bonchev–Trinajstić information content (AvgIpc) is 2.29. The number of hydrogen-bond acceptors (Lipinski definition) is 4. The first kappa shape index (κ1) is 12.1. The molecule has 0 aliphatic carbocycles. The third-order valence-electron chi connectivity index (χ3n) is 3.02. The van der Waals surface area contributed by atoms with E-state index in [4.69, 9.17) is 17.3 Å². The Kier molecular flexibility index (Phi) is 3.22. The summed E-state index contributed by atoms with van der Waals surface area (Å²) in [6, 6.07) is 1.76. The van der Waals surface area contributed by atoms with Crippen LogP contribution < -0.4 is 10.6 Å². The molecule has 0 saturated carbocycles. The number of piperidine rings is 1. The van der Waals surface area contributed by atoms with Crippen LogP contribution in [0.4, 0.5) is 5.69 Å². The Labute approximate surface area is 104 Å². The summed E-state index contributed by atoms with van der Waals surface area (Å²) in [7, 11) is 0. The van der Waals surface area contributed by atoms with Crippen LogP contribution in [0.25, 0.3) is 0 Å². The molecule has 1 fully saturated rings. The zero-order valence-electron chi connectivity index (χ0n) is 9.27. The van der Waals surface area contributed by atoms with Gasteiger partial charge in [0, 0.05) is 18.9 Å². The molecule has 1 aromatic heterocycles. The number of amides is 1. The molecule has 5 nitrogen and oxygen atoms in total. The standard InChI is InChI=1S/C11H14ClN3O2/c12-8-6-14-4-2-9(8)15-5-1-3-11(17,7-15)10(13)16/h2,4,6,17H,1,3,5,7H2,(H2,13,16)/t11-/m0/s1. The van der Waals surface area contributed by atoms with Crippen LogP contribution in [0.3, 0.4) is 0 Å². The highest BCUT2D eigenvalue weighted by atomic mass is 35.5. The van der Waals surface area contributed by atoms with E-state index >= 15 is 0 Å². The maximum atomic E-state index is 11.2. The number of β-amino-alcohol motifs (C(OH)–C–C–N with tert-alkyl or cyclic N) is 1. The number of carbonyl (C=O) groups is 1. The summed E-state index contributed by atoms with van der Waals surface area (Å²) in [6.45, 7) is 0.908. The molecule has 6 heteroatoms. The largest absolute Gasteiger partial charge is 0.378 e. The molecule has 1 aromatic rings. The van der Waals surface area contributed by atoms with Crippen molar-refractivity contribution in [3.05, 3.63) is 23.5 Å². The van der Waals surface area contributed by atoms with Crippen molar-refractivity contribution >= 4 is 23.2 Å². The molecule has 1 aliphatic heterocycles. The van der Waals surface area contributed by atoms with E-state index in [1.165, 1.54) is 6.20 Å². The van der Waals surface area contributed by atoms with Crippen LogP contribution in [0.1, 0.15) is 12.8 Å². The smallest absolute Gasteiger partial charge is 0.251 e. The Morgan fingerprint density at radius 2 is 2.41 bits per heavy atom. The van der Waals surface area contributed by atoms with Gasteiger partial charge in [-0.05, 0) is 18.9 Å². The van der Waals surface area contributed by atoms with E-state index in [9.17, 15) is 9.90 Å². The highest BCUT2D eigenvalue weighted by molar-refractivity contribution is 6.33. The molecule has 1 amide bonds. The number of pyridine rings is 1. The summed E-state index contributed by atoms with van der Waals surface area (Å²) in [5.74, 6) is -0.688. The fourth-order valence-corrected chi connectivity index (χ4v) is 2.31. The molecule has 3 N–H and O–H groups in total. The fourth-order valence-electron chi connectivity index (χ4n) is 2.07. The van der Waals surface area contributed by atoms with E-state index in [1.807, 2.05) is 4.90 Å². The molecule has 0 aromatic carbocycles. The van der Waals surface area contributed by atoms with Crippen molar-refractivity contribution < 1.29 is 9.90 Å². The number of primary amides is 1. The second-order valence-electron chi connectivity index (χ2n) is 4.25. The fraction of sp³-hybridized carbons (Fsp3) is 0.455. The Morgan fingerprint density at radius 1 is 1.65 bits per heavy atom. The van der Waals surface area contributed by atoms with Crippen LogP contribution in [-0.2, 0) is 4.79 Å². The van der Waals surface area contributed by atoms with Crippen molar-refractivity contribution in [2.24, 2.45) is 5.73 Å². The molecule has 0 radical (unpaired) electrons. The first-order valence-electron chi connectivity index (χ1n) is 5.40. The summed E-state index contributed by atoms with van der Waals surface area (Å²) in [6.07, 6.45) is 4.24. The van der Waals surface area contributed by atoms with E-state index < -0.39 is 11.5 Å². The van der Waals surface area contributed by atoms with E-state index in [2.05, 4.69) is 4.98 Å². The van der Waals surface area contributed by atoms with Crippen LogP contribution in [0, 0.1) is 0 Å². The van der Waals surface area contributed by atoms with Crippen molar-refractivity contribution in [3.8, 4) is 0 Å². The number of halogens is 1. The van der Waals surface area contributed by atoms with Crippen LogP contribution >= 0.6 is 11.6 Å². The summed E-state index contributed by atoms with van der Waals surface area (Å²) in [4.78, 5) is 17.0. The van der Waals surface area contributed by atoms with Crippen LogP contribution in [-0.4, -0.2) is 34.7 Å². The number of aromatic nitrogens is 1. The molecular weight excluding hydrogens is 242 g/mol. The molecular formula is C11H14ClN3O2. The van der Waals surface area contributed by atoms with Gasteiger partial charge < -0.3 is 15.7 Å². The van der Waals surface area contributed by atoms with Gasteiger partial charge in [-0.3, -0.25) is 9.78 Å². The second-order valence-corrected chi connectivity index (χ2v) is 4.66. The lowest BCUT2D eigenvalue weighted by molar-refractivity contribution is -0.137. The van der Waals surface area contributed by atoms with Gasteiger partial charge in [0.1, 0.15) is 0 Å². The minimum atomic E-state index is -1.47. The summed E-state index contributed by atoms with van der Waals surface area (Å²) in [5.41, 5.74) is 4.52. The van der Waals surface area contributed by atoms with Gasteiger partial charge in [-0.15, -0.1) is 0 Å². The lowest BCUT2D eigenvalue weighted by atomic mass is 9.92. The molecule has 17 heavy (non-hydrogen) atoms.